The van der Waals surface area contributed by atoms with Gasteiger partial charge in [-0.3, -0.25) is 4.79 Å². The van der Waals surface area contributed by atoms with Crippen LogP contribution in [0.1, 0.15) is 38.7 Å². The second-order valence-corrected chi connectivity index (χ2v) is 4.49. The van der Waals surface area contributed by atoms with Gasteiger partial charge in [0.1, 0.15) is 11.5 Å². The van der Waals surface area contributed by atoms with Crippen LogP contribution in [0.4, 0.5) is 5.69 Å². The Bertz CT molecular complexity index is 386. The normalized spacial score (nSPS) is 10.4. The van der Waals surface area contributed by atoms with E-state index in [9.17, 15) is 4.79 Å². The van der Waals surface area contributed by atoms with Crippen LogP contribution in [0.15, 0.2) is 18.2 Å². The molecule has 0 aromatic heterocycles. The van der Waals surface area contributed by atoms with Crippen molar-refractivity contribution in [1.29, 1.82) is 0 Å². The number of hydrogen-bond donors (Lipinski definition) is 1. The summed E-state index contributed by atoms with van der Waals surface area (Å²) in [5.41, 5.74) is 2.19. The summed E-state index contributed by atoms with van der Waals surface area (Å²) in [7, 11) is 1.66. The fraction of sp³-hybridized carbons (Fsp3) is 0.500. The number of rotatable bonds is 6. The predicted octanol–water partition coefficient (Wildman–Crippen LogP) is 3.21. The number of hydrogen-bond acceptors (Lipinski definition) is 3. The zero-order chi connectivity index (χ0) is 12.8. The molecule has 3 nitrogen and oxygen atoms in total. The molecule has 1 N–H and O–H groups in total. The number of Topliss-reactive ketones (excluding diaryl/α,β-unsaturated/α-hetero) is 1. The van der Waals surface area contributed by atoms with Crippen LogP contribution in [0.3, 0.4) is 0 Å². The van der Waals surface area contributed by atoms with Gasteiger partial charge in [-0.05, 0) is 30.5 Å². The Morgan fingerprint density at radius 2 is 2.12 bits per heavy atom. The highest BCUT2D eigenvalue weighted by Crippen LogP contribution is 2.28. The molecule has 1 rings (SSSR count). The Hall–Kier alpha value is -1.51. The zero-order valence-corrected chi connectivity index (χ0v) is 11.0. The minimum absolute atomic E-state index is 0.190. The van der Waals surface area contributed by atoms with Crippen LogP contribution >= 0.6 is 0 Å². The van der Waals surface area contributed by atoms with Crippen molar-refractivity contribution in [2.45, 2.75) is 33.1 Å². The van der Waals surface area contributed by atoms with E-state index in [-0.39, 0.29) is 5.78 Å². The summed E-state index contributed by atoms with van der Waals surface area (Å²) in [5, 5.41) is 3.22. The third kappa shape index (κ3) is 4.10. The number of anilines is 1. The molecule has 1 aromatic rings. The Morgan fingerprint density at radius 3 is 2.65 bits per heavy atom. The lowest BCUT2D eigenvalue weighted by Crippen LogP contribution is -2.07. The van der Waals surface area contributed by atoms with Crippen LogP contribution < -0.4 is 10.1 Å². The van der Waals surface area contributed by atoms with E-state index >= 15 is 0 Å². The van der Waals surface area contributed by atoms with Crippen LogP contribution in [0.2, 0.25) is 0 Å². The molecular formula is C14H21NO2. The molecule has 0 heterocycles. The van der Waals surface area contributed by atoms with Crippen LogP contribution in [-0.2, 0) is 4.79 Å². The first-order valence-corrected chi connectivity index (χ1v) is 5.96. The molecule has 0 bridgehead atoms. The van der Waals surface area contributed by atoms with Crippen molar-refractivity contribution >= 4 is 11.5 Å². The van der Waals surface area contributed by atoms with Crippen molar-refractivity contribution in [1.82, 2.24) is 0 Å². The molecule has 0 amide bonds. The van der Waals surface area contributed by atoms with Crippen molar-refractivity contribution in [3.8, 4) is 5.75 Å². The topological polar surface area (TPSA) is 38.3 Å². The molecule has 0 saturated carbocycles. The average molecular weight is 235 g/mol. The van der Waals surface area contributed by atoms with Crippen molar-refractivity contribution in [3.05, 3.63) is 23.8 Å². The standard InChI is InChI=1S/C14H21NO2/c1-10(2)12-5-6-13(14(9-12)17-4)15-8-7-11(3)16/h5-6,9-10,15H,7-8H2,1-4H3. The maximum absolute atomic E-state index is 10.9. The number of ketones is 1. The van der Waals surface area contributed by atoms with E-state index in [2.05, 4.69) is 25.2 Å². The molecule has 0 spiro atoms. The highest BCUT2D eigenvalue weighted by Gasteiger charge is 2.06. The first-order valence-electron chi connectivity index (χ1n) is 5.96. The van der Waals surface area contributed by atoms with E-state index in [1.54, 1.807) is 14.0 Å². The smallest absolute Gasteiger partial charge is 0.142 e. The van der Waals surface area contributed by atoms with Crippen molar-refractivity contribution in [3.63, 3.8) is 0 Å². The molecule has 0 fully saturated rings. The molecule has 3 heteroatoms. The lowest BCUT2D eigenvalue weighted by molar-refractivity contribution is -0.116. The molecule has 0 atom stereocenters. The fourth-order valence-corrected chi connectivity index (χ4v) is 1.59. The van der Waals surface area contributed by atoms with Gasteiger partial charge in [-0.1, -0.05) is 19.9 Å². The number of carbonyl (C=O) groups is 1. The van der Waals surface area contributed by atoms with E-state index < -0.39 is 0 Å². The average Bonchev–Trinajstić information content (AvgIpc) is 2.28. The number of ether oxygens (including phenoxy) is 1. The first kappa shape index (κ1) is 13.6. The maximum Gasteiger partial charge on any atom is 0.142 e. The Morgan fingerprint density at radius 1 is 1.41 bits per heavy atom. The predicted molar refractivity (Wildman–Crippen MR) is 70.9 cm³/mol. The van der Waals surface area contributed by atoms with Crippen molar-refractivity contribution < 1.29 is 9.53 Å². The van der Waals surface area contributed by atoms with Gasteiger partial charge < -0.3 is 10.1 Å². The molecular weight excluding hydrogens is 214 g/mol. The molecule has 0 saturated heterocycles. The molecule has 94 valence electrons. The van der Waals surface area contributed by atoms with Gasteiger partial charge in [-0.2, -0.15) is 0 Å². The second-order valence-electron chi connectivity index (χ2n) is 4.49. The van der Waals surface area contributed by atoms with Crippen LogP contribution in [0.5, 0.6) is 5.75 Å². The minimum atomic E-state index is 0.190. The van der Waals surface area contributed by atoms with Crippen LogP contribution in [0, 0.1) is 0 Å². The van der Waals surface area contributed by atoms with Gasteiger partial charge in [0, 0.05) is 13.0 Å². The van der Waals surface area contributed by atoms with Crippen LogP contribution in [-0.4, -0.2) is 19.4 Å². The summed E-state index contributed by atoms with van der Waals surface area (Å²) in [6.45, 7) is 6.54. The van der Waals surface area contributed by atoms with Gasteiger partial charge in [0.15, 0.2) is 0 Å². The van der Waals surface area contributed by atoms with Crippen molar-refractivity contribution in [2.24, 2.45) is 0 Å². The van der Waals surface area contributed by atoms with Gasteiger partial charge in [-0.25, -0.2) is 0 Å². The molecule has 0 aliphatic carbocycles. The maximum atomic E-state index is 10.9. The van der Waals surface area contributed by atoms with Gasteiger partial charge in [0.05, 0.1) is 12.8 Å². The monoisotopic (exact) mass is 235 g/mol. The highest BCUT2D eigenvalue weighted by molar-refractivity contribution is 5.76. The largest absolute Gasteiger partial charge is 0.495 e. The quantitative estimate of drug-likeness (QED) is 0.822. The van der Waals surface area contributed by atoms with E-state index in [0.717, 1.165) is 11.4 Å². The summed E-state index contributed by atoms with van der Waals surface area (Å²) in [6.07, 6.45) is 0.537. The lowest BCUT2D eigenvalue weighted by Gasteiger charge is -2.13. The molecule has 17 heavy (non-hydrogen) atoms. The van der Waals surface area contributed by atoms with E-state index in [1.807, 2.05) is 12.1 Å². The molecule has 1 aromatic carbocycles. The second kappa shape index (κ2) is 6.28. The number of carbonyl (C=O) groups excluding carboxylic acids is 1. The van der Waals surface area contributed by atoms with E-state index in [1.165, 1.54) is 5.56 Å². The first-order chi connectivity index (χ1) is 8.04. The van der Waals surface area contributed by atoms with Gasteiger partial charge in [0.25, 0.3) is 0 Å². The molecule has 0 unspecified atom stereocenters. The Kier molecular flexibility index (Phi) is 5.01. The fourth-order valence-electron chi connectivity index (χ4n) is 1.59. The van der Waals surface area contributed by atoms with Crippen molar-refractivity contribution in [2.75, 3.05) is 19.0 Å². The van der Waals surface area contributed by atoms with E-state index in [4.69, 9.17) is 4.74 Å². The molecule has 0 aliphatic heterocycles. The summed E-state index contributed by atoms with van der Waals surface area (Å²) >= 11 is 0. The molecule has 0 aliphatic rings. The highest BCUT2D eigenvalue weighted by atomic mass is 16.5. The van der Waals surface area contributed by atoms with Crippen LogP contribution in [0.25, 0.3) is 0 Å². The summed E-state index contributed by atoms with van der Waals surface area (Å²) in [4.78, 5) is 10.9. The third-order valence-electron chi connectivity index (χ3n) is 2.68. The summed E-state index contributed by atoms with van der Waals surface area (Å²) in [5.74, 6) is 1.50. The third-order valence-corrected chi connectivity index (χ3v) is 2.68. The summed E-state index contributed by atoms with van der Waals surface area (Å²) < 4.78 is 5.35. The number of nitrogens with one attached hydrogen (secondary N) is 1. The Balaban J connectivity index is 2.74. The number of methoxy groups -OCH3 is 1. The SMILES string of the molecule is COc1cc(C(C)C)ccc1NCCC(C)=O. The van der Waals surface area contributed by atoms with E-state index in [0.29, 0.717) is 18.9 Å². The lowest BCUT2D eigenvalue weighted by atomic mass is 10.0. The Labute approximate surface area is 103 Å². The summed E-state index contributed by atoms with van der Waals surface area (Å²) in [6, 6.07) is 6.14. The van der Waals surface area contributed by atoms with Gasteiger partial charge in [-0.15, -0.1) is 0 Å². The minimum Gasteiger partial charge on any atom is -0.495 e. The number of benzene rings is 1. The van der Waals surface area contributed by atoms with Gasteiger partial charge >= 0.3 is 0 Å². The molecule has 0 radical (unpaired) electrons. The van der Waals surface area contributed by atoms with Gasteiger partial charge in [0.2, 0.25) is 0 Å². The zero-order valence-electron chi connectivity index (χ0n) is 11.0.